The lowest BCUT2D eigenvalue weighted by molar-refractivity contribution is -0.140. The van der Waals surface area contributed by atoms with Gasteiger partial charge in [-0.15, -0.1) is 15.3 Å². The van der Waals surface area contributed by atoms with Crippen molar-refractivity contribution in [3.63, 3.8) is 0 Å². The molecule has 0 spiro atoms. The van der Waals surface area contributed by atoms with Gasteiger partial charge in [-0.1, -0.05) is 20.8 Å². The average molecular weight is 316 g/mol. The molecule has 2 aromatic rings. The molecule has 3 rings (SSSR count). The van der Waals surface area contributed by atoms with Gasteiger partial charge < -0.3 is 9.80 Å². The lowest BCUT2D eigenvalue weighted by Gasteiger charge is -2.39. The second kappa shape index (κ2) is 5.79. The smallest absolute Gasteiger partial charge is 0.227 e. The van der Waals surface area contributed by atoms with Crippen LogP contribution in [0.4, 0.5) is 5.82 Å². The van der Waals surface area contributed by atoms with Gasteiger partial charge in [0.2, 0.25) is 5.91 Å². The maximum atomic E-state index is 12.4. The molecule has 1 aliphatic heterocycles. The lowest BCUT2D eigenvalue weighted by atomic mass is 9.92. The largest absolute Gasteiger partial charge is 0.355 e. The third-order valence-corrected chi connectivity index (χ3v) is 4.45. The zero-order valence-electron chi connectivity index (χ0n) is 14.2. The number of hydrogen-bond donors (Lipinski definition) is 0. The van der Waals surface area contributed by atoms with E-state index in [-0.39, 0.29) is 11.3 Å². The average Bonchev–Trinajstić information content (AvgIpc) is 3.00. The van der Waals surface area contributed by atoms with Crippen LogP contribution >= 0.6 is 0 Å². The van der Waals surface area contributed by atoms with Crippen LogP contribution in [-0.4, -0.2) is 56.8 Å². The van der Waals surface area contributed by atoms with E-state index in [0.29, 0.717) is 6.04 Å². The molecule has 0 bridgehead atoms. The second-order valence-electron chi connectivity index (χ2n) is 7.21. The summed E-state index contributed by atoms with van der Waals surface area (Å²) in [6, 6.07) is 4.21. The first-order chi connectivity index (χ1) is 10.9. The van der Waals surface area contributed by atoms with Crippen LogP contribution in [0.2, 0.25) is 0 Å². The first kappa shape index (κ1) is 15.7. The minimum absolute atomic E-state index is 0.208. The molecule has 0 atom stereocenters. The molecule has 0 aromatic carbocycles. The topological polar surface area (TPSA) is 66.6 Å². The Morgan fingerprint density at radius 2 is 1.96 bits per heavy atom. The van der Waals surface area contributed by atoms with Crippen molar-refractivity contribution in [3.8, 4) is 0 Å². The second-order valence-corrected chi connectivity index (χ2v) is 7.21. The van der Waals surface area contributed by atoms with Crippen molar-refractivity contribution < 1.29 is 4.79 Å². The number of amides is 1. The van der Waals surface area contributed by atoms with E-state index in [0.717, 1.165) is 37.4 Å². The molecular weight excluding hydrogens is 292 g/mol. The molecule has 7 heteroatoms. The normalized spacial score (nSPS) is 16.8. The highest BCUT2D eigenvalue weighted by molar-refractivity contribution is 5.81. The van der Waals surface area contributed by atoms with E-state index in [1.807, 2.05) is 44.9 Å². The monoisotopic (exact) mass is 316 g/mol. The van der Waals surface area contributed by atoms with Crippen LogP contribution in [0, 0.1) is 5.41 Å². The number of anilines is 1. The van der Waals surface area contributed by atoms with Crippen LogP contribution in [0.1, 0.15) is 33.6 Å². The van der Waals surface area contributed by atoms with Crippen LogP contribution in [0.25, 0.3) is 5.65 Å². The Morgan fingerprint density at radius 1 is 1.26 bits per heavy atom. The standard InChI is InChI=1S/C16H24N6O/c1-16(2,3)15(23)20(4)12-7-9-21(10-8-12)14-6-5-13-18-17-11-22(13)19-14/h5-6,11-12H,7-10H2,1-4H3. The van der Waals surface area contributed by atoms with Gasteiger partial charge >= 0.3 is 0 Å². The predicted molar refractivity (Wildman–Crippen MR) is 88.2 cm³/mol. The van der Waals surface area contributed by atoms with E-state index in [1.54, 1.807) is 10.8 Å². The molecule has 0 radical (unpaired) electrons. The quantitative estimate of drug-likeness (QED) is 0.842. The molecular formula is C16H24N6O. The zero-order valence-corrected chi connectivity index (χ0v) is 14.2. The van der Waals surface area contributed by atoms with Crippen molar-refractivity contribution in [1.29, 1.82) is 0 Å². The van der Waals surface area contributed by atoms with Crippen LogP contribution in [0.15, 0.2) is 18.5 Å². The van der Waals surface area contributed by atoms with E-state index < -0.39 is 0 Å². The Balaban J connectivity index is 1.65. The van der Waals surface area contributed by atoms with Gasteiger partial charge in [0, 0.05) is 31.6 Å². The number of nitrogens with zero attached hydrogens (tertiary/aromatic N) is 6. The molecule has 3 heterocycles. The number of rotatable bonds is 2. The molecule has 1 amide bonds. The lowest BCUT2D eigenvalue weighted by Crippen LogP contribution is -2.48. The summed E-state index contributed by atoms with van der Waals surface area (Å²) in [5.74, 6) is 1.14. The van der Waals surface area contributed by atoms with E-state index in [1.165, 1.54) is 0 Å². The molecule has 23 heavy (non-hydrogen) atoms. The van der Waals surface area contributed by atoms with Crippen LogP contribution < -0.4 is 4.90 Å². The summed E-state index contributed by atoms with van der Waals surface area (Å²) in [6.45, 7) is 7.71. The number of aromatic nitrogens is 4. The first-order valence-corrected chi connectivity index (χ1v) is 8.05. The van der Waals surface area contributed by atoms with Gasteiger partial charge in [0.05, 0.1) is 0 Å². The van der Waals surface area contributed by atoms with E-state index in [2.05, 4.69) is 20.2 Å². The van der Waals surface area contributed by atoms with Crippen molar-refractivity contribution in [2.75, 3.05) is 25.0 Å². The van der Waals surface area contributed by atoms with Gasteiger partial charge in [0.25, 0.3) is 0 Å². The molecule has 124 valence electrons. The van der Waals surface area contributed by atoms with Crippen LogP contribution in [0.3, 0.4) is 0 Å². The van der Waals surface area contributed by atoms with Crippen LogP contribution in [0.5, 0.6) is 0 Å². The number of hydrogen-bond acceptors (Lipinski definition) is 5. The highest BCUT2D eigenvalue weighted by Crippen LogP contribution is 2.24. The fourth-order valence-electron chi connectivity index (χ4n) is 3.06. The van der Waals surface area contributed by atoms with Gasteiger partial charge in [-0.05, 0) is 25.0 Å². The summed E-state index contributed by atoms with van der Waals surface area (Å²) >= 11 is 0. The number of piperidine rings is 1. The SMILES string of the molecule is CN(C(=O)C(C)(C)C)C1CCN(c2ccc3nncn3n2)CC1. The summed E-state index contributed by atoms with van der Waals surface area (Å²) in [5.41, 5.74) is 0.423. The summed E-state index contributed by atoms with van der Waals surface area (Å²) < 4.78 is 1.69. The Labute approximate surface area is 136 Å². The number of carbonyl (C=O) groups excluding carboxylic acids is 1. The molecule has 1 fully saturated rings. The number of fused-ring (bicyclic) bond motifs is 1. The first-order valence-electron chi connectivity index (χ1n) is 8.05. The fraction of sp³-hybridized carbons (Fsp3) is 0.625. The summed E-state index contributed by atoms with van der Waals surface area (Å²) in [4.78, 5) is 16.6. The van der Waals surface area contributed by atoms with Gasteiger partial charge in [-0.3, -0.25) is 4.79 Å². The Kier molecular flexibility index (Phi) is 3.95. The van der Waals surface area contributed by atoms with Gasteiger partial charge in [-0.2, -0.15) is 4.52 Å². The van der Waals surface area contributed by atoms with Crippen molar-refractivity contribution in [2.24, 2.45) is 5.41 Å². The van der Waals surface area contributed by atoms with Gasteiger partial charge in [0.15, 0.2) is 5.65 Å². The van der Waals surface area contributed by atoms with E-state index in [9.17, 15) is 4.79 Å². The van der Waals surface area contributed by atoms with Gasteiger partial charge in [0.1, 0.15) is 12.1 Å². The van der Waals surface area contributed by atoms with Gasteiger partial charge in [-0.25, -0.2) is 0 Å². The molecule has 0 N–H and O–H groups in total. The highest BCUT2D eigenvalue weighted by Gasteiger charge is 2.31. The highest BCUT2D eigenvalue weighted by atomic mass is 16.2. The molecule has 7 nitrogen and oxygen atoms in total. The summed E-state index contributed by atoms with van der Waals surface area (Å²) in [6.07, 6.45) is 3.53. The molecule has 1 saturated heterocycles. The third kappa shape index (κ3) is 3.13. The number of carbonyl (C=O) groups is 1. The molecule has 0 saturated carbocycles. The predicted octanol–water partition coefficient (Wildman–Crippen LogP) is 1.60. The fourth-order valence-corrected chi connectivity index (χ4v) is 3.06. The third-order valence-electron chi connectivity index (χ3n) is 4.45. The zero-order chi connectivity index (χ0) is 16.6. The minimum Gasteiger partial charge on any atom is -0.355 e. The molecule has 0 unspecified atom stereocenters. The molecule has 0 aliphatic carbocycles. The minimum atomic E-state index is -0.326. The van der Waals surface area contributed by atoms with Crippen molar-refractivity contribution in [1.82, 2.24) is 24.7 Å². The van der Waals surface area contributed by atoms with Crippen molar-refractivity contribution >= 4 is 17.4 Å². The van der Waals surface area contributed by atoms with Crippen molar-refractivity contribution in [2.45, 2.75) is 39.7 Å². The maximum absolute atomic E-state index is 12.4. The van der Waals surface area contributed by atoms with E-state index in [4.69, 9.17) is 0 Å². The van der Waals surface area contributed by atoms with Crippen molar-refractivity contribution in [3.05, 3.63) is 18.5 Å². The Hall–Kier alpha value is -2.18. The molecule has 1 aliphatic rings. The van der Waals surface area contributed by atoms with Crippen LogP contribution in [-0.2, 0) is 4.79 Å². The van der Waals surface area contributed by atoms with E-state index >= 15 is 0 Å². The maximum Gasteiger partial charge on any atom is 0.227 e. The summed E-state index contributed by atoms with van der Waals surface area (Å²) in [7, 11) is 1.93. The molecule has 2 aromatic heterocycles. The Morgan fingerprint density at radius 3 is 2.61 bits per heavy atom. The summed E-state index contributed by atoms with van der Waals surface area (Å²) in [5, 5.41) is 12.4. The Bertz CT molecular complexity index is 696.